The summed E-state index contributed by atoms with van der Waals surface area (Å²) >= 11 is 0. The van der Waals surface area contributed by atoms with Crippen molar-refractivity contribution in [2.45, 2.75) is 32.2 Å². The molecule has 3 heterocycles. The lowest BCUT2D eigenvalue weighted by Gasteiger charge is -2.35. The van der Waals surface area contributed by atoms with Crippen molar-refractivity contribution in [3.05, 3.63) is 77.6 Å². The molecule has 0 N–H and O–H groups in total. The molecule has 1 fully saturated rings. The lowest BCUT2D eigenvalue weighted by atomic mass is 10.0. The number of carbonyl (C=O) groups is 2. The zero-order valence-electron chi connectivity index (χ0n) is 18.2. The highest BCUT2D eigenvalue weighted by Crippen LogP contribution is 2.21. The largest absolute Gasteiger partial charge is 0.339 e. The van der Waals surface area contributed by atoms with Crippen LogP contribution in [0.25, 0.3) is 11.1 Å². The maximum absolute atomic E-state index is 13.0. The van der Waals surface area contributed by atoms with E-state index in [4.69, 9.17) is 0 Å². The number of aryl methyl sites for hydroxylation is 1. The van der Waals surface area contributed by atoms with Crippen molar-refractivity contribution >= 4 is 11.8 Å². The monoisotopic (exact) mass is 428 g/mol. The van der Waals surface area contributed by atoms with E-state index in [1.807, 2.05) is 44.8 Å². The number of rotatable bonds is 4. The molecule has 0 unspecified atom stereocenters. The van der Waals surface area contributed by atoms with Gasteiger partial charge in [-0.2, -0.15) is 5.10 Å². The van der Waals surface area contributed by atoms with Crippen LogP contribution in [-0.2, 0) is 24.2 Å². The predicted molar refractivity (Wildman–Crippen MR) is 123 cm³/mol. The molecular formula is C26H28N4O2. The zero-order valence-corrected chi connectivity index (χ0v) is 18.2. The van der Waals surface area contributed by atoms with Crippen LogP contribution in [-0.4, -0.2) is 57.6 Å². The van der Waals surface area contributed by atoms with Crippen LogP contribution in [0.1, 0.15) is 34.5 Å². The SMILES string of the molecule is O=C(Cc1ccc(-c2ccccc2)cc1)N1CCN(C(=O)c2cnn3c2CCCC3)CC1. The van der Waals surface area contributed by atoms with E-state index < -0.39 is 0 Å². The number of amides is 2. The van der Waals surface area contributed by atoms with Crippen molar-refractivity contribution in [2.24, 2.45) is 0 Å². The third-order valence-corrected chi connectivity index (χ3v) is 6.55. The summed E-state index contributed by atoms with van der Waals surface area (Å²) in [4.78, 5) is 29.6. The van der Waals surface area contributed by atoms with Gasteiger partial charge >= 0.3 is 0 Å². The Labute approximate surface area is 188 Å². The van der Waals surface area contributed by atoms with Gasteiger partial charge in [-0.15, -0.1) is 0 Å². The molecular weight excluding hydrogens is 400 g/mol. The van der Waals surface area contributed by atoms with Crippen LogP contribution in [0.4, 0.5) is 0 Å². The standard InChI is InChI=1S/C26H28N4O2/c31-25(18-20-9-11-22(12-10-20)21-6-2-1-3-7-21)28-14-16-29(17-15-28)26(32)23-19-27-30-13-5-4-8-24(23)30/h1-3,6-7,9-12,19H,4-5,8,13-18H2. The molecule has 0 bridgehead atoms. The molecule has 1 aromatic heterocycles. The molecule has 1 saturated heterocycles. The Balaban J connectivity index is 1.16. The maximum Gasteiger partial charge on any atom is 0.257 e. The molecule has 0 saturated carbocycles. The van der Waals surface area contributed by atoms with Gasteiger partial charge in [0.25, 0.3) is 5.91 Å². The molecule has 3 aromatic rings. The van der Waals surface area contributed by atoms with Gasteiger partial charge in [0.05, 0.1) is 23.9 Å². The second-order valence-corrected chi connectivity index (χ2v) is 8.60. The van der Waals surface area contributed by atoms with Crippen LogP contribution in [0.2, 0.25) is 0 Å². The van der Waals surface area contributed by atoms with Crippen LogP contribution in [0, 0.1) is 0 Å². The van der Waals surface area contributed by atoms with Crippen LogP contribution >= 0.6 is 0 Å². The molecule has 5 rings (SSSR count). The average molecular weight is 429 g/mol. The fourth-order valence-corrected chi connectivity index (χ4v) is 4.66. The summed E-state index contributed by atoms with van der Waals surface area (Å²) in [6.45, 7) is 3.20. The van der Waals surface area contributed by atoms with Crippen molar-refractivity contribution in [1.29, 1.82) is 0 Å². The van der Waals surface area contributed by atoms with Gasteiger partial charge in [0.1, 0.15) is 0 Å². The molecule has 0 spiro atoms. The van der Waals surface area contributed by atoms with Gasteiger partial charge in [-0.05, 0) is 36.0 Å². The first kappa shape index (κ1) is 20.5. The van der Waals surface area contributed by atoms with Crippen LogP contribution in [0.15, 0.2) is 60.8 Å². The minimum atomic E-state index is 0.0525. The maximum atomic E-state index is 13.0. The summed E-state index contributed by atoms with van der Waals surface area (Å²) in [6.07, 6.45) is 5.26. The van der Waals surface area contributed by atoms with E-state index in [2.05, 4.69) is 29.4 Å². The second kappa shape index (κ2) is 8.99. The molecule has 6 heteroatoms. The highest BCUT2D eigenvalue weighted by Gasteiger charge is 2.28. The van der Waals surface area contributed by atoms with Crippen molar-refractivity contribution in [3.8, 4) is 11.1 Å². The van der Waals surface area contributed by atoms with Gasteiger partial charge in [-0.25, -0.2) is 0 Å². The van der Waals surface area contributed by atoms with Gasteiger partial charge in [0.15, 0.2) is 0 Å². The molecule has 2 aliphatic heterocycles. The van der Waals surface area contributed by atoms with Gasteiger partial charge in [0.2, 0.25) is 5.91 Å². The molecule has 2 aromatic carbocycles. The van der Waals surface area contributed by atoms with E-state index in [1.54, 1.807) is 6.20 Å². The van der Waals surface area contributed by atoms with Gasteiger partial charge < -0.3 is 9.80 Å². The number of hydrogen-bond donors (Lipinski definition) is 0. The minimum Gasteiger partial charge on any atom is -0.339 e. The first-order valence-corrected chi connectivity index (χ1v) is 11.4. The molecule has 32 heavy (non-hydrogen) atoms. The summed E-state index contributed by atoms with van der Waals surface area (Å²) in [5, 5.41) is 4.39. The highest BCUT2D eigenvalue weighted by atomic mass is 16.2. The van der Waals surface area contributed by atoms with E-state index in [0.29, 0.717) is 32.6 Å². The lowest BCUT2D eigenvalue weighted by Crippen LogP contribution is -2.51. The Bertz CT molecular complexity index is 1100. The van der Waals surface area contributed by atoms with Gasteiger partial charge in [0, 0.05) is 32.7 Å². The fourth-order valence-electron chi connectivity index (χ4n) is 4.66. The first-order chi connectivity index (χ1) is 15.7. The smallest absolute Gasteiger partial charge is 0.257 e. The zero-order chi connectivity index (χ0) is 21.9. The number of fused-ring (bicyclic) bond motifs is 1. The number of carbonyl (C=O) groups excluding carboxylic acids is 2. The molecule has 6 nitrogen and oxygen atoms in total. The Morgan fingerprint density at radius 1 is 0.781 bits per heavy atom. The van der Waals surface area contributed by atoms with Crippen LogP contribution in [0.3, 0.4) is 0 Å². The molecule has 0 radical (unpaired) electrons. The molecule has 2 aliphatic rings. The van der Waals surface area contributed by atoms with Crippen molar-refractivity contribution in [1.82, 2.24) is 19.6 Å². The lowest BCUT2D eigenvalue weighted by molar-refractivity contribution is -0.131. The summed E-state index contributed by atoms with van der Waals surface area (Å²) in [5.41, 5.74) is 5.14. The summed E-state index contributed by atoms with van der Waals surface area (Å²) in [6, 6.07) is 18.4. The molecule has 164 valence electrons. The Kier molecular flexibility index (Phi) is 5.75. The van der Waals surface area contributed by atoms with E-state index in [1.165, 1.54) is 5.56 Å². The van der Waals surface area contributed by atoms with Crippen molar-refractivity contribution in [3.63, 3.8) is 0 Å². The third-order valence-electron chi connectivity index (χ3n) is 6.55. The Morgan fingerprint density at radius 2 is 1.47 bits per heavy atom. The number of piperazine rings is 1. The van der Waals surface area contributed by atoms with E-state index in [9.17, 15) is 9.59 Å². The topological polar surface area (TPSA) is 58.4 Å². The van der Waals surface area contributed by atoms with E-state index in [-0.39, 0.29) is 11.8 Å². The minimum absolute atomic E-state index is 0.0525. The molecule has 0 aliphatic carbocycles. The Morgan fingerprint density at radius 3 is 2.22 bits per heavy atom. The third kappa shape index (κ3) is 4.17. The van der Waals surface area contributed by atoms with Gasteiger partial charge in [-0.3, -0.25) is 14.3 Å². The van der Waals surface area contributed by atoms with Crippen LogP contribution in [0.5, 0.6) is 0 Å². The first-order valence-electron chi connectivity index (χ1n) is 11.4. The molecule has 0 atom stereocenters. The summed E-state index contributed by atoms with van der Waals surface area (Å²) in [5.74, 6) is 0.171. The average Bonchev–Trinajstić information content (AvgIpc) is 3.29. The number of hydrogen-bond acceptors (Lipinski definition) is 3. The summed E-state index contributed by atoms with van der Waals surface area (Å²) < 4.78 is 1.97. The van der Waals surface area contributed by atoms with Crippen molar-refractivity contribution < 1.29 is 9.59 Å². The Hall–Kier alpha value is -3.41. The normalized spacial score (nSPS) is 16.0. The highest BCUT2D eigenvalue weighted by molar-refractivity contribution is 5.95. The quantitative estimate of drug-likeness (QED) is 0.640. The second-order valence-electron chi connectivity index (χ2n) is 8.60. The van der Waals surface area contributed by atoms with E-state index in [0.717, 1.165) is 48.2 Å². The molecule has 2 amide bonds. The number of benzene rings is 2. The predicted octanol–water partition coefficient (Wildman–Crippen LogP) is 3.41. The van der Waals surface area contributed by atoms with Crippen LogP contribution < -0.4 is 0 Å². The summed E-state index contributed by atoms with van der Waals surface area (Å²) in [7, 11) is 0. The number of aromatic nitrogens is 2. The van der Waals surface area contributed by atoms with Crippen molar-refractivity contribution in [2.75, 3.05) is 26.2 Å². The van der Waals surface area contributed by atoms with Gasteiger partial charge in [-0.1, -0.05) is 54.6 Å². The number of nitrogens with zero attached hydrogens (tertiary/aromatic N) is 4. The fraction of sp³-hybridized carbons (Fsp3) is 0.346. The van der Waals surface area contributed by atoms with E-state index >= 15 is 0 Å².